The molecule has 1 saturated heterocycles. The molecule has 2 N–H and O–H groups in total. The second-order valence-electron chi connectivity index (χ2n) is 7.84. The summed E-state index contributed by atoms with van der Waals surface area (Å²) < 4.78 is 0. The summed E-state index contributed by atoms with van der Waals surface area (Å²) in [4.78, 5) is 26.1. The fourth-order valence-corrected chi connectivity index (χ4v) is 3.96. The Kier molecular flexibility index (Phi) is 4.08. The normalized spacial score (nSPS) is 27.5. The maximum absolute atomic E-state index is 12.9. The van der Waals surface area contributed by atoms with E-state index >= 15 is 0 Å². The van der Waals surface area contributed by atoms with E-state index in [0.717, 1.165) is 18.4 Å². The molecule has 2 fully saturated rings. The van der Waals surface area contributed by atoms with Crippen molar-refractivity contribution < 1.29 is 9.59 Å². The van der Waals surface area contributed by atoms with Gasteiger partial charge in [-0.2, -0.15) is 5.26 Å². The molecule has 126 valence electrons. The number of nitriles is 1. The van der Waals surface area contributed by atoms with Gasteiger partial charge in [-0.15, -0.1) is 0 Å². The lowest BCUT2D eigenvalue weighted by atomic mass is 9.90. The van der Waals surface area contributed by atoms with E-state index in [0.29, 0.717) is 12.1 Å². The summed E-state index contributed by atoms with van der Waals surface area (Å²) in [5, 5.41) is 9.02. The zero-order valence-electron chi connectivity index (χ0n) is 14.2. The monoisotopic (exact) mass is 325 g/mol. The van der Waals surface area contributed by atoms with E-state index in [1.54, 1.807) is 6.07 Å². The molecule has 2 amide bonds. The van der Waals surface area contributed by atoms with Crippen molar-refractivity contribution in [1.82, 2.24) is 4.90 Å². The first kappa shape index (κ1) is 16.5. The average molecular weight is 325 g/mol. The molecule has 0 radical (unpaired) electrons. The van der Waals surface area contributed by atoms with E-state index in [-0.39, 0.29) is 41.5 Å². The number of carbonyl (C=O) groups is 2. The zero-order chi connectivity index (χ0) is 17.5. The summed E-state index contributed by atoms with van der Waals surface area (Å²) in [6.45, 7) is 4.91. The van der Waals surface area contributed by atoms with E-state index in [9.17, 15) is 9.59 Å². The number of hydrogen-bond acceptors (Lipinski definition) is 3. The van der Waals surface area contributed by atoms with Gasteiger partial charge in [0.15, 0.2) is 0 Å². The molecular formula is C19H23N3O2. The maximum atomic E-state index is 12.9. The Balaban J connectivity index is 1.72. The van der Waals surface area contributed by atoms with Gasteiger partial charge in [0.1, 0.15) is 0 Å². The smallest absolute Gasteiger partial charge is 0.226 e. The fraction of sp³-hybridized carbons (Fsp3) is 0.526. The van der Waals surface area contributed by atoms with Gasteiger partial charge in [0.05, 0.1) is 11.6 Å². The summed E-state index contributed by atoms with van der Waals surface area (Å²) >= 11 is 0. The third kappa shape index (κ3) is 3.28. The summed E-state index contributed by atoms with van der Waals surface area (Å²) in [7, 11) is 0. The van der Waals surface area contributed by atoms with E-state index in [1.165, 1.54) is 0 Å². The SMILES string of the molecule is CC1(C)CC(CC(N)=O)N(C(=O)[C@@H]2C[C@H]2c2cccc(C#N)c2)C1. The van der Waals surface area contributed by atoms with Crippen LogP contribution in [0.2, 0.25) is 0 Å². The molecule has 1 aliphatic carbocycles. The summed E-state index contributed by atoms with van der Waals surface area (Å²) in [6.07, 6.45) is 1.85. The van der Waals surface area contributed by atoms with Gasteiger partial charge in [-0.05, 0) is 41.9 Å². The molecule has 1 aromatic rings. The molecule has 3 atom stereocenters. The Morgan fingerprint density at radius 1 is 1.42 bits per heavy atom. The molecule has 3 rings (SSSR count). The first-order chi connectivity index (χ1) is 11.3. The number of amides is 2. The molecule has 1 heterocycles. The van der Waals surface area contributed by atoms with Crippen LogP contribution < -0.4 is 5.73 Å². The van der Waals surface area contributed by atoms with Crippen molar-refractivity contribution in [3.63, 3.8) is 0 Å². The summed E-state index contributed by atoms with van der Waals surface area (Å²) in [5.74, 6) is -0.0873. The fourth-order valence-electron chi connectivity index (χ4n) is 3.96. The van der Waals surface area contributed by atoms with Crippen LogP contribution in [0.1, 0.15) is 50.2 Å². The minimum Gasteiger partial charge on any atom is -0.370 e. The Hall–Kier alpha value is -2.35. The van der Waals surface area contributed by atoms with Crippen LogP contribution in [0, 0.1) is 22.7 Å². The first-order valence-corrected chi connectivity index (χ1v) is 8.39. The third-order valence-electron chi connectivity index (χ3n) is 5.10. The molecule has 0 aromatic heterocycles. The molecule has 24 heavy (non-hydrogen) atoms. The molecule has 5 heteroatoms. The molecule has 5 nitrogen and oxygen atoms in total. The first-order valence-electron chi connectivity index (χ1n) is 8.39. The predicted octanol–water partition coefficient (Wildman–Crippen LogP) is 2.16. The molecule has 0 bridgehead atoms. The van der Waals surface area contributed by atoms with Crippen molar-refractivity contribution in [2.24, 2.45) is 17.1 Å². The lowest BCUT2D eigenvalue weighted by molar-refractivity contribution is -0.134. The average Bonchev–Trinajstić information content (AvgIpc) is 3.26. The number of carbonyl (C=O) groups excluding carboxylic acids is 2. The van der Waals surface area contributed by atoms with Crippen molar-refractivity contribution in [3.05, 3.63) is 35.4 Å². The minimum absolute atomic E-state index is 0.0148. The summed E-state index contributed by atoms with van der Waals surface area (Å²) in [5.41, 5.74) is 7.05. The van der Waals surface area contributed by atoms with Gasteiger partial charge in [0.2, 0.25) is 11.8 Å². The van der Waals surface area contributed by atoms with Crippen LogP contribution in [0.4, 0.5) is 0 Å². The van der Waals surface area contributed by atoms with E-state index < -0.39 is 0 Å². The number of benzene rings is 1. The van der Waals surface area contributed by atoms with Crippen molar-refractivity contribution in [2.75, 3.05) is 6.54 Å². The second-order valence-corrected chi connectivity index (χ2v) is 7.84. The zero-order valence-corrected chi connectivity index (χ0v) is 14.2. The van der Waals surface area contributed by atoms with Crippen molar-refractivity contribution in [1.29, 1.82) is 5.26 Å². The van der Waals surface area contributed by atoms with Crippen molar-refractivity contribution in [3.8, 4) is 6.07 Å². The van der Waals surface area contributed by atoms with Crippen LogP contribution in [0.5, 0.6) is 0 Å². The van der Waals surface area contributed by atoms with Gasteiger partial charge in [0, 0.05) is 24.9 Å². The quantitative estimate of drug-likeness (QED) is 0.920. The van der Waals surface area contributed by atoms with Crippen LogP contribution in [-0.4, -0.2) is 29.3 Å². The molecule has 1 aliphatic heterocycles. The maximum Gasteiger partial charge on any atom is 0.226 e. The van der Waals surface area contributed by atoms with Gasteiger partial charge >= 0.3 is 0 Å². The highest BCUT2D eigenvalue weighted by Crippen LogP contribution is 2.50. The topological polar surface area (TPSA) is 87.2 Å². The van der Waals surface area contributed by atoms with Crippen LogP contribution in [0.3, 0.4) is 0 Å². The van der Waals surface area contributed by atoms with Gasteiger partial charge in [-0.3, -0.25) is 9.59 Å². The van der Waals surface area contributed by atoms with Gasteiger partial charge in [-0.25, -0.2) is 0 Å². The molecule has 0 spiro atoms. The lowest BCUT2D eigenvalue weighted by Gasteiger charge is -2.24. The van der Waals surface area contributed by atoms with Gasteiger partial charge in [0.25, 0.3) is 0 Å². The highest BCUT2D eigenvalue weighted by atomic mass is 16.2. The number of primary amides is 1. The summed E-state index contributed by atoms with van der Waals surface area (Å²) in [6, 6.07) is 9.54. The van der Waals surface area contributed by atoms with E-state index in [1.807, 2.05) is 23.1 Å². The van der Waals surface area contributed by atoms with Crippen LogP contribution in [0.25, 0.3) is 0 Å². The Morgan fingerprint density at radius 2 is 2.17 bits per heavy atom. The molecule has 1 aromatic carbocycles. The largest absolute Gasteiger partial charge is 0.370 e. The third-order valence-corrected chi connectivity index (χ3v) is 5.10. The minimum atomic E-state index is -0.357. The molecule has 1 saturated carbocycles. The van der Waals surface area contributed by atoms with E-state index in [2.05, 4.69) is 19.9 Å². The number of hydrogen-bond donors (Lipinski definition) is 1. The number of nitrogens with two attached hydrogens (primary N) is 1. The Morgan fingerprint density at radius 3 is 2.83 bits per heavy atom. The highest BCUT2D eigenvalue weighted by Gasteiger charge is 2.50. The number of rotatable bonds is 4. The number of likely N-dealkylation sites (tertiary alicyclic amines) is 1. The van der Waals surface area contributed by atoms with Crippen LogP contribution >= 0.6 is 0 Å². The Labute approximate surface area is 142 Å². The highest BCUT2D eigenvalue weighted by molar-refractivity contribution is 5.84. The molecular weight excluding hydrogens is 302 g/mol. The van der Waals surface area contributed by atoms with Crippen molar-refractivity contribution >= 4 is 11.8 Å². The van der Waals surface area contributed by atoms with Gasteiger partial charge in [-0.1, -0.05) is 26.0 Å². The lowest BCUT2D eigenvalue weighted by Crippen LogP contribution is -2.39. The van der Waals surface area contributed by atoms with Crippen LogP contribution in [0.15, 0.2) is 24.3 Å². The predicted molar refractivity (Wildman–Crippen MR) is 89.7 cm³/mol. The number of nitrogens with zero attached hydrogens (tertiary/aromatic N) is 2. The molecule has 1 unspecified atom stereocenters. The van der Waals surface area contributed by atoms with Crippen LogP contribution in [-0.2, 0) is 9.59 Å². The van der Waals surface area contributed by atoms with Gasteiger partial charge < -0.3 is 10.6 Å². The second kappa shape index (κ2) is 5.94. The standard InChI is InChI=1S/C19H23N3O2/c1-19(2)9-14(7-17(21)23)22(11-19)18(24)16-8-15(16)13-5-3-4-12(6-13)10-20/h3-6,14-16H,7-9,11H2,1-2H3,(H2,21,23)/t14?,15-,16+/m0/s1. The van der Waals surface area contributed by atoms with Crippen molar-refractivity contribution in [2.45, 2.75) is 45.1 Å². The molecule has 2 aliphatic rings. The van der Waals surface area contributed by atoms with E-state index in [4.69, 9.17) is 11.0 Å². The Bertz CT molecular complexity index is 720.